The third-order valence-electron chi connectivity index (χ3n) is 0.464. The summed E-state index contributed by atoms with van der Waals surface area (Å²) in [6, 6.07) is 0. The third-order valence-corrected chi connectivity index (χ3v) is 0.780. The predicted octanol–water partition coefficient (Wildman–Crippen LogP) is -0.490. The van der Waals surface area contributed by atoms with Crippen LogP contribution in [0.15, 0.2) is 0 Å². The fraction of sp³-hybridized carbons (Fsp3) is 1.00. The highest BCUT2D eigenvalue weighted by Gasteiger charge is 2.13. The van der Waals surface area contributed by atoms with Crippen LogP contribution in [0.5, 0.6) is 0 Å². The van der Waals surface area contributed by atoms with Crippen molar-refractivity contribution in [3.8, 4) is 0 Å². The van der Waals surface area contributed by atoms with E-state index in [9.17, 15) is 8.42 Å². The third kappa shape index (κ3) is 7.83. The fourth-order valence-electron chi connectivity index (χ4n) is 0.183. The summed E-state index contributed by atoms with van der Waals surface area (Å²) >= 11 is 0. The molecule has 0 heterocycles. The fourth-order valence-corrected chi connectivity index (χ4v) is 0.549. The molecule has 5 nitrogen and oxygen atoms in total. The second-order valence-electron chi connectivity index (χ2n) is 2.84. The Labute approximate surface area is 60.7 Å². The molecule has 0 saturated carbocycles. The first-order chi connectivity index (χ1) is 4.21. The van der Waals surface area contributed by atoms with Crippen LogP contribution in [0.3, 0.4) is 0 Å². The molecule has 0 fully saturated rings. The van der Waals surface area contributed by atoms with Gasteiger partial charge in [-0.3, -0.25) is 4.84 Å². The van der Waals surface area contributed by atoms with Crippen molar-refractivity contribution < 1.29 is 13.3 Å². The highest BCUT2D eigenvalue weighted by Crippen LogP contribution is 2.03. The molecule has 0 aliphatic carbocycles. The molecule has 0 bridgehead atoms. The van der Waals surface area contributed by atoms with Crippen molar-refractivity contribution in [1.29, 1.82) is 0 Å². The first kappa shape index (κ1) is 9.83. The van der Waals surface area contributed by atoms with E-state index in [-0.39, 0.29) is 0 Å². The molecule has 0 saturated heterocycles. The Hall–Kier alpha value is -0.170. The monoisotopic (exact) mass is 168 g/mol. The molecule has 0 aliphatic rings. The zero-order chi connectivity index (χ0) is 8.41. The van der Waals surface area contributed by atoms with Crippen molar-refractivity contribution in [2.45, 2.75) is 26.4 Å². The summed E-state index contributed by atoms with van der Waals surface area (Å²) in [4.78, 5) is 6.34. The second-order valence-corrected chi connectivity index (χ2v) is 4.10. The van der Waals surface area contributed by atoms with Crippen LogP contribution in [-0.4, -0.2) is 14.0 Å². The summed E-state index contributed by atoms with van der Waals surface area (Å²) in [6.07, 6.45) is 0. The summed E-state index contributed by atoms with van der Waals surface area (Å²) in [5.74, 6) is 0. The summed E-state index contributed by atoms with van der Waals surface area (Å²) in [5.41, 5.74) is -0.563. The van der Waals surface area contributed by atoms with E-state index < -0.39 is 15.8 Å². The largest absolute Gasteiger partial charge is 0.296 e. The molecule has 10 heavy (non-hydrogen) atoms. The molecule has 0 atom stereocenters. The van der Waals surface area contributed by atoms with Crippen LogP contribution in [0, 0.1) is 0 Å². The van der Waals surface area contributed by atoms with Gasteiger partial charge in [-0.05, 0) is 20.8 Å². The predicted molar refractivity (Wildman–Crippen MR) is 37.1 cm³/mol. The first-order valence-electron chi connectivity index (χ1n) is 2.68. The van der Waals surface area contributed by atoms with E-state index in [2.05, 4.69) is 9.98 Å². The maximum absolute atomic E-state index is 10.2. The Balaban J connectivity index is 3.79. The molecule has 62 valence electrons. The van der Waals surface area contributed by atoms with Gasteiger partial charge in [0.2, 0.25) is 0 Å². The van der Waals surface area contributed by atoms with Gasteiger partial charge in [0.1, 0.15) is 0 Å². The first-order valence-corrected chi connectivity index (χ1v) is 4.23. The molecule has 0 aromatic heterocycles. The SMILES string of the molecule is CC(C)(C)ONS(N)(=O)=O. The van der Waals surface area contributed by atoms with Crippen LogP contribution < -0.4 is 10.0 Å². The van der Waals surface area contributed by atoms with Crippen molar-refractivity contribution >= 4 is 10.2 Å². The van der Waals surface area contributed by atoms with Crippen LogP contribution in [0.1, 0.15) is 20.8 Å². The molecule has 0 rings (SSSR count). The molecule has 0 unspecified atom stereocenters. The molecule has 0 aromatic carbocycles. The average Bonchev–Trinajstić information content (AvgIpc) is 1.57. The molecule has 3 N–H and O–H groups in total. The lowest BCUT2D eigenvalue weighted by atomic mass is 10.2. The van der Waals surface area contributed by atoms with Gasteiger partial charge in [0, 0.05) is 0 Å². The Bertz CT molecular complexity index is 191. The topological polar surface area (TPSA) is 81.4 Å². The molecule has 6 heteroatoms. The lowest BCUT2D eigenvalue weighted by Gasteiger charge is -2.17. The summed E-state index contributed by atoms with van der Waals surface area (Å²) in [7, 11) is -3.73. The zero-order valence-electron chi connectivity index (χ0n) is 6.21. The Morgan fingerprint density at radius 1 is 1.40 bits per heavy atom. The van der Waals surface area contributed by atoms with Gasteiger partial charge in [-0.2, -0.15) is 8.42 Å². The minimum absolute atomic E-state index is 0.563. The molecular weight excluding hydrogens is 156 g/mol. The quantitative estimate of drug-likeness (QED) is 0.546. The van der Waals surface area contributed by atoms with Gasteiger partial charge in [-0.1, -0.05) is 4.89 Å². The van der Waals surface area contributed by atoms with Crippen LogP contribution in [0.2, 0.25) is 0 Å². The van der Waals surface area contributed by atoms with E-state index in [1.807, 2.05) is 0 Å². The van der Waals surface area contributed by atoms with E-state index in [1.165, 1.54) is 0 Å². The van der Waals surface area contributed by atoms with E-state index in [4.69, 9.17) is 0 Å². The van der Waals surface area contributed by atoms with Gasteiger partial charge < -0.3 is 0 Å². The van der Waals surface area contributed by atoms with Crippen molar-refractivity contribution in [3.63, 3.8) is 0 Å². The van der Waals surface area contributed by atoms with Gasteiger partial charge in [0.25, 0.3) is 10.2 Å². The van der Waals surface area contributed by atoms with Gasteiger partial charge >= 0.3 is 0 Å². The second kappa shape index (κ2) is 2.83. The standard InChI is InChI=1S/C4H12N2O3S/c1-4(2,3)9-6-10(5,7)8/h6H,1-3H3,(H2,5,7,8). The summed E-state index contributed by atoms with van der Waals surface area (Å²) < 4.78 is 20.4. The van der Waals surface area contributed by atoms with Crippen molar-refractivity contribution in [3.05, 3.63) is 0 Å². The Morgan fingerprint density at radius 2 is 1.80 bits per heavy atom. The van der Waals surface area contributed by atoms with Gasteiger partial charge in [0.05, 0.1) is 5.60 Å². The van der Waals surface area contributed by atoms with Gasteiger partial charge in [-0.15, -0.1) is 0 Å². The number of nitrogens with one attached hydrogen (secondary N) is 1. The number of rotatable bonds is 2. The van der Waals surface area contributed by atoms with Crippen molar-refractivity contribution in [1.82, 2.24) is 4.89 Å². The number of hydrogen-bond acceptors (Lipinski definition) is 3. The molecule has 0 aromatic rings. The smallest absolute Gasteiger partial charge is 0.280 e. The highest BCUT2D eigenvalue weighted by molar-refractivity contribution is 7.87. The maximum Gasteiger partial charge on any atom is 0.296 e. The van der Waals surface area contributed by atoms with E-state index >= 15 is 0 Å². The lowest BCUT2D eigenvalue weighted by Crippen LogP contribution is -2.37. The van der Waals surface area contributed by atoms with Crippen molar-refractivity contribution in [2.75, 3.05) is 0 Å². The Morgan fingerprint density at radius 3 is 1.90 bits per heavy atom. The molecular formula is C4H12N2O3S. The zero-order valence-corrected chi connectivity index (χ0v) is 7.03. The van der Waals surface area contributed by atoms with Crippen LogP contribution >= 0.6 is 0 Å². The lowest BCUT2D eigenvalue weighted by molar-refractivity contribution is -0.0357. The number of hydrogen-bond donors (Lipinski definition) is 2. The average molecular weight is 168 g/mol. The Kier molecular flexibility index (Phi) is 2.78. The van der Waals surface area contributed by atoms with E-state index in [0.29, 0.717) is 0 Å². The van der Waals surface area contributed by atoms with E-state index in [1.54, 1.807) is 25.7 Å². The molecule has 0 aliphatic heterocycles. The molecule has 0 spiro atoms. The minimum atomic E-state index is -3.73. The van der Waals surface area contributed by atoms with Crippen LogP contribution in [0.4, 0.5) is 0 Å². The summed E-state index contributed by atoms with van der Waals surface area (Å²) in [6.45, 7) is 5.10. The minimum Gasteiger partial charge on any atom is -0.280 e. The maximum atomic E-state index is 10.2. The highest BCUT2D eigenvalue weighted by atomic mass is 32.2. The van der Waals surface area contributed by atoms with Gasteiger partial charge in [0.15, 0.2) is 0 Å². The number of nitrogens with two attached hydrogens (primary N) is 1. The normalized spacial score (nSPS) is 13.6. The molecule has 0 amide bonds. The van der Waals surface area contributed by atoms with Gasteiger partial charge in [-0.25, -0.2) is 5.14 Å². The van der Waals surface area contributed by atoms with Crippen LogP contribution in [0.25, 0.3) is 0 Å². The summed E-state index contributed by atoms with van der Waals surface area (Å²) in [5, 5.41) is 4.58. The molecule has 0 radical (unpaired) electrons. The van der Waals surface area contributed by atoms with Crippen molar-refractivity contribution in [2.24, 2.45) is 5.14 Å². The van der Waals surface area contributed by atoms with E-state index in [0.717, 1.165) is 0 Å². The van der Waals surface area contributed by atoms with Crippen LogP contribution in [-0.2, 0) is 15.0 Å².